The van der Waals surface area contributed by atoms with E-state index in [1.165, 1.54) is 10.4 Å². The summed E-state index contributed by atoms with van der Waals surface area (Å²) in [5, 5.41) is 22.9. The van der Waals surface area contributed by atoms with Crippen molar-refractivity contribution >= 4 is 0 Å². The van der Waals surface area contributed by atoms with Crippen molar-refractivity contribution in [3.8, 4) is 0 Å². The fraction of sp³-hybridized carbons (Fsp3) is 0.316. The molecule has 0 saturated carbocycles. The highest BCUT2D eigenvalue weighted by atomic mass is 16.3. The monoisotopic (exact) mass is 337 g/mol. The Morgan fingerprint density at radius 1 is 1.08 bits per heavy atom. The van der Waals surface area contributed by atoms with E-state index in [4.69, 9.17) is 0 Å². The maximum atomic E-state index is 10.7. The largest absolute Gasteiger partial charge is 0.387 e. The number of aromatic nitrogens is 4. The second kappa shape index (κ2) is 8.00. The fourth-order valence-corrected chi connectivity index (χ4v) is 2.84. The minimum Gasteiger partial charge on any atom is -0.387 e. The third-order valence-electron chi connectivity index (χ3n) is 4.02. The van der Waals surface area contributed by atoms with Crippen molar-refractivity contribution in [2.45, 2.75) is 26.1 Å². The summed E-state index contributed by atoms with van der Waals surface area (Å²) < 4.78 is 0. The van der Waals surface area contributed by atoms with Crippen LogP contribution < -0.4 is 0 Å². The van der Waals surface area contributed by atoms with Crippen LogP contribution in [0.4, 0.5) is 0 Å². The van der Waals surface area contributed by atoms with Crippen LogP contribution in [-0.4, -0.2) is 36.8 Å². The lowest BCUT2D eigenvalue weighted by molar-refractivity contribution is 0.103. The molecule has 1 atom stereocenters. The van der Waals surface area contributed by atoms with E-state index in [2.05, 4.69) is 32.4 Å². The molecule has 6 heteroatoms. The standard InChI is InChI=1S/C19H23N5O/c1-15-7-6-10-17(11-15)18(25)13-24(12-16-8-4-3-5-9-16)14-19-20-22-23(2)21-19/h3-11,18,25H,12-14H2,1-2H3. The second-order valence-electron chi connectivity index (χ2n) is 6.28. The van der Waals surface area contributed by atoms with Crippen molar-refractivity contribution in [3.63, 3.8) is 0 Å². The van der Waals surface area contributed by atoms with Crippen LogP contribution in [0.3, 0.4) is 0 Å². The average molecular weight is 337 g/mol. The quantitative estimate of drug-likeness (QED) is 0.716. The molecule has 3 rings (SSSR count). The molecule has 0 amide bonds. The Kier molecular flexibility index (Phi) is 5.53. The van der Waals surface area contributed by atoms with Gasteiger partial charge in [0.05, 0.1) is 19.7 Å². The molecule has 0 fully saturated rings. The molecule has 2 aromatic carbocycles. The molecular weight excluding hydrogens is 314 g/mol. The zero-order valence-corrected chi connectivity index (χ0v) is 14.6. The van der Waals surface area contributed by atoms with E-state index in [1.54, 1.807) is 7.05 Å². The first-order valence-electron chi connectivity index (χ1n) is 8.34. The van der Waals surface area contributed by atoms with Gasteiger partial charge in [0.15, 0.2) is 5.82 Å². The fourth-order valence-electron chi connectivity index (χ4n) is 2.84. The SMILES string of the molecule is Cc1cccc(C(O)CN(Cc2ccccc2)Cc2nnn(C)n2)c1. The van der Waals surface area contributed by atoms with E-state index in [1.807, 2.05) is 49.4 Å². The Bertz CT molecular complexity index is 802. The van der Waals surface area contributed by atoms with Gasteiger partial charge in [-0.15, -0.1) is 10.2 Å². The summed E-state index contributed by atoms with van der Waals surface area (Å²) in [5.74, 6) is 0.648. The maximum absolute atomic E-state index is 10.7. The normalized spacial score (nSPS) is 12.5. The average Bonchev–Trinajstić information content (AvgIpc) is 3.00. The first-order chi connectivity index (χ1) is 12.1. The van der Waals surface area contributed by atoms with Crippen molar-refractivity contribution in [2.75, 3.05) is 6.54 Å². The van der Waals surface area contributed by atoms with Crippen molar-refractivity contribution < 1.29 is 5.11 Å². The molecule has 3 aromatic rings. The van der Waals surface area contributed by atoms with E-state index in [0.29, 0.717) is 25.5 Å². The van der Waals surface area contributed by atoms with Gasteiger partial charge in [-0.2, -0.15) is 4.80 Å². The highest BCUT2D eigenvalue weighted by Gasteiger charge is 2.16. The van der Waals surface area contributed by atoms with Gasteiger partial charge in [-0.25, -0.2) is 0 Å². The number of nitrogens with zero attached hydrogens (tertiary/aromatic N) is 5. The van der Waals surface area contributed by atoms with Gasteiger partial charge in [0, 0.05) is 13.1 Å². The zero-order valence-electron chi connectivity index (χ0n) is 14.6. The molecule has 0 saturated heterocycles. The van der Waals surface area contributed by atoms with Gasteiger partial charge in [0.2, 0.25) is 0 Å². The molecule has 1 N–H and O–H groups in total. The minimum absolute atomic E-state index is 0.497. The molecule has 0 radical (unpaired) electrons. The highest BCUT2D eigenvalue weighted by Crippen LogP contribution is 2.18. The molecule has 0 bridgehead atoms. The van der Waals surface area contributed by atoms with Gasteiger partial charge < -0.3 is 5.11 Å². The van der Waals surface area contributed by atoms with Crippen LogP contribution in [0.25, 0.3) is 0 Å². The van der Waals surface area contributed by atoms with Gasteiger partial charge in [-0.05, 0) is 23.3 Å². The second-order valence-corrected chi connectivity index (χ2v) is 6.28. The van der Waals surface area contributed by atoms with Crippen LogP contribution >= 0.6 is 0 Å². The number of aryl methyl sites for hydroxylation is 2. The van der Waals surface area contributed by atoms with Crippen molar-refractivity contribution in [1.29, 1.82) is 0 Å². The summed E-state index contributed by atoms with van der Waals surface area (Å²) in [4.78, 5) is 3.59. The summed E-state index contributed by atoms with van der Waals surface area (Å²) in [7, 11) is 1.75. The van der Waals surface area contributed by atoms with E-state index in [-0.39, 0.29) is 0 Å². The first-order valence-corrected chi connectivity index (χ1v) is 8.34. The first kappa shape index (κ1) is 17.3. The number of aliphatic hydroxyl groups is 1. The van der Waals surface area contributed by atoms with E-state index in [9.17, 15) is 5.11 Å². The molecule has 25 heavy (non-hydrogen) atoms. The Morgan fingerprint density at radius 2 is 1.88 bits per heavy atom. The van der Waals surface area contributed by atoms with Crippen LogP contribution in [0.2, 0.25) is 0 Å². The number of hydrogen-bond acceptors (Lipinski definition) is 5. The van der Waals surface area contributed by atoms with Crippen molar-refractivity contribution in [3.05, 3.63) is 77.1 Å². The Hall–Kier alpha value is -2.57. The van der Waals surface area contributed by atoms with Crippen LogP contribution in [0.1, 0.15) is 28.6 Å². The molecule has 6 nitrogen and oxygen atoms in total. The molecule has 0 spiro atoms. The molecule has 0 aliphatic heterocycles. The van der Waals surface area contributed by atoms with Crippen molar-refractivity contribution in [1.82, 2.24) is 25.1 Å². The number of rotatable bonds is 7. The Morgan fingerprint density at radius 3 is 2.56 bits per heavy atom. The lowest BCUT2D eigenvalue weighted by Crippen LogP contribution is -2.28. The number of benzene rings is 2. The minimum atomic E-state index is -0.569. The van der Waals surface area contributed by atoms with Gasteiger partial charge in [-0.1, -0.05) is 60.2 Å². The molecular formula is C19H23N5O. The third kappa shape index (κ3) is 4.95. The van der Waals surface area contributed by atoms with Crippen molar-refractivity contribution in [2.24, 2.45) is 7.05 Å². The lowest BCUT2D eigenvalue weighted by Gasteiger charge is -2.24. The summed E-state index contributed by atoms with van der Waals surface area (Å²) in [6.45, 7) is 3.77. The summed E-state index contributed by atoms with van der Waals surface area (Å²) in [5.41, 5.74) is 3.25. The maximum Gasteiger partial charge on any atom is 0.188 e. The number of aliphatic hydroxyl groups excluding tert-OH is 1. The van der Waals surface area contributed by atoms with E-state index < -0.39 is 6.10 Å². The lowest BCUT2D eigenvalue weighted by atomic mass is 10.1. The molecule has 0 aliphatic rings. The van der Waals surface area contributed by atoms with Gasteiger partial charge in [0.1, 0.15) is 0 Å². The van der Waals surface area contributed by atoms with Crippen LogP contribution in [0, 0.1) is 6.92 Å². The summed E-state index contributed by atoms with van der Waals surface area (Å²) in [6.07, 6.45) is -0.569. The number of hydrogen-bond donors (Lipinski definition) is 1. The van der Waals surface area contributed by atoms with E-state index >= 15 is 0 Å². The van der Waals surface area contributed by atoms with Gasteiger partial charge in [0.25, 0.3) is 0 Å². The topological polar surface area (TPSA) is 67.1 Å². The highest BCUT2D eigenvalue weighted by molar-refractivity contribution is 5.24. The predicted molar refractivity (Wildman–Crippen MR) is 95.5 cm³/mol. The molecule has 1 aromatic heterocycles. The van der Waals surface area contributed by atoms with Crippen LogP contribution in [0.15, 0.2) is 54.6 Å². The van der Waals surface area contributed by atoms with E-state index in [0.717, 1.165) is 11.1 Å². The Labute approximate surface area is 147 Å². The summed E-state index contributed by atoms with van der Waals surface area (Å²) >= 11 is 0. The van der Waals surface area contributed by atoms with Crippen LogP contribution in [-0.2, 0) is 20.1 Å². The van der Waals surface area contributed by atoms with Crippen LogP contribution in [0.5, 0.6) is 0 Å². The van der Waals surface area contributed by atoms with Gasteiger partial charge in [-0.3, -0.25) is 4.90 Å². The molecule has 1 heterocycles. The summed E-state index contributed by atoms with van der Waals surface area (Å²) in [6, 6.07) is 18.2. The predicted octanol–water partition coefficient (Wildman–Crippen LogP) is 2.25. The third-order valence-corrected chi connectivity index (χ3v) is 4.02. The molecule has 1 unspecified atom stereocenters. The Balaban J connectivity index is 1.75. The molecule has 0 aliphatic carbocycles. The van der Waals surface area contributed by atoms with Gasteiger partial charge >= 0.3 is 0 Å². The zero-order chi connectivity index (χ0) is 17.6. The molecule has 130 valence electrons. The smallest absolute Gasteiger partial charge is 0.188 e. The number of tetrazole rings is 1.